The Labute approximate surface area is 132 Å². The summed E-state index contributed by atoms with van der Waals surface area (Å²) in [5.41, 5.74) is 0.141. The molecule has 0 saturated heterocycles. The van der Waals surface area contributed by atoms with Gasteiger partial charge in [0.05, 0.1) is 15.9 Å². The van der Waals surface area contributed by atoms with Crippen LogP contribution in [0.25, 0.3) is 0 Å². The molecule has 23 heavy (non-hydrogen) atoms. The van der Waals surface area contributed by atoms with Crippen LogP contribution < -0.4 is 5.32 Å². The fourth-order valence-electron chi connectivity index (χ4n) is 2.54. The summed E-state index contributed by atoms with van der Waals surface area (Å²) in [4.78, 5) is 32.3. The Balaban J connectivity index is 2.04. The van der Waals surface area contributed by atoms with Crippen LogP contribution in [0.2, 0.25) is 0 Å². The highest BCUT2D eigenvalue weighted by Crippen LogP contribution is 2.25. The third-order valence-corrected chi connectivity index (χ3v) is 3.75. The van der Waals surface area contributed by atoms with Crippen LogP contribution in [0.4, 0.5) is 11.4 Å². The summed E-state index contributed by atoms with van der Waals surface area (Å²) >= 11 is 0. The lowest BCUT2D eigenvalue weighted by molar-refractivity contribution is -0.394. The molecule has 122 valence electrons. The maximum Gasteiger partial charge on any atom is 0.289 e. The van der Waals surface area contributed by atoms with Gasteiger partial charge in [-0.05, 0) is 38.2 Å². The van der Waals surface area contributed by atoms with Gasteiger partial charge in [-0.15, -0.1) is 0 Å². The van der Waals surface area contributed by atoms with E-state index in [1.54, 1.807) is 0 Å². The smallest absolute Gasteiger partial charge is 0.289 e. The molecule has 0 aliphatic heterocycles. The van der Waals surface area contributed by atoms with Gasteiger partial charge in [0, 0.05) is 12.6 Å². The minimum Gasteiger partial charge on any atom is -0.351 e. The molecule has 1 N–H and O–H groups in total. The Bertz CT molecular complexity index is 669. The Hall–Kier alpha value is -2.77. The second-order valence-corrected chi connectivity index (χ2v) is 5.33. The Morgan fingerprint density at radius 2 is 1.96 bits per heavy atom. The second-order valence-electron chi connectivity index (χ2n) is 5.33. The zero-order valence-electron chi connectivity index (χ0n) is 12.5. The van der Waals surface area contributed by atoms with Crippen LogP contribution in [0, 0.1) is 20.2 Å². The number of rotatable bonds is 6. The lowest BCUT2D eigenvalue weighted by Gasteiger charge is -2.13. The van der Waals surface area contributed by atoms with Crippen LogP contribution >= 0.6 is 0 Å². The molecule has 1 amide bonds. The minimum atomic E-state index is -0.786. The van der Waals surface area contributed by atoms with Gasteiger partial charge < -0.3 is 5.32 Å². The fourth-order valence-corrected chi connectivity index (χ4v) is 2.54. The zero-order valence-corrected chi connectivity index (χ0v) is 12.5. The standard InChI is InChI=1S/C15H17N3O5/c19-15(16-9-8-11-4-2-1-3-5-11)13-7-6-12(17(20)21)10-14(13)18(22)23/h4,6-7,10H,1-3,5,8-9H2,(H,16,19). The van der Waals surface area contributed by atoms with E-state index in [2.05, 4.69) is 11.4 Å². The summed E-state index contributed by atoms with van der Waals surface area (Å²) in [5, 5.41) is 24.3. The summed E-state index contributed by atoms with van der Waals surface area (Å²) in [6.07, 6.45) is 7.29. The molecule has 1 aliphatic carbocycles. The first-order valence-electron chi connectivity index (χ1n) is 7.38. The molecular formula is C15H17N3O5. The van der Waals surface area contributed by atoms with Crippen molar-refractivity contribution in [1.82, 2.24) is 5.32 Å². The first-order chi connectivity index (χ1) is 11.0. The quantitative estimate of drug-likeness (QED) is 0.491. The second kappa shape index (κ2) is 7.48. The maximum atomic E-state index is 12.1. The number of allylic oxidation sites excluding steroid dienone is 1. The number of hydrogen-bond donors (Lipinski definition) is 1. The average Bonchev–Trinajstić information content (AvgIpc) is 2.55. The number of nitrogens with zero attached hydrogens (tertiary/aromatic N) is 2. The van der Waals surface area contributed by atoms with Crippen molar-refractivity contribution >= 4 is 17.3 Å². The number of amides is 1. The predicted octanol–water partition coefficient (Wildman–Crippen LogP) is 3.12. The summed E-state index contributed by atoms with van der Waals surface area (Å²) in [7, 11) is 0. The molecule has 0 atom stereocenters. The monoisotopic (exact) mass is 319 g/mol. The normalized spacial score (nSPS) is 14.0. The van der Waals surface area contributed by atoms with Crippen molar-refractivity contribution in [3.8, 4) is 0 Å². The van der Waals surface area contributed by atoms with Crippen molar-refractivity contribution in [3.63, 3.8) is 0 Å². The largest absolute Gasteiger partial charge is 0.351 e. The summed E-state index contributed by atoms with van der Waals surface area (Å²) in [6.45, 7) is 0.388. The van der Waals surface area contributed by atoms with Gasteiger partial charge in [0.1, 0.15) is 5.56 Å². The lowest BCUT2D eigenvalue weighted by Crippen LogP contribution is -2.25. The van der Waals surface area contributed by atoms with Crippen molar-refractivity contribution in [1.29, 1.82) is 0 Å². The van der Waals surface area contributed by atoms with E-state index in [4.69, 9.17) is 0 Å². The molecule has 0 aromatic heterocycles. The van der Waals surface area contributed by atoms with E-state index in [0.29, 0.717) is 13.0 Å². The van der Waals surface area contributed by atoms with Gasteiger partial charge in [-0.2, -0.15) is 0 Å². The molecule has 1 aromatic rings. The highest BCUT2D eigenvalue weighted by Gasteiger charge is 2.23. The molecule has 0 radical (unpaired) electrons. The van der Waals surface area contributed by atoms with Crippen LogP contribution in [0.1, 0.15) is 42.5 Å². The van der Waals surface area contributed by atoms with Gasteiger partial charge in [0.2, 0.25) is 0 Å². The molecule has 1 aliphatic rings. The van der Waals surface area contributed by atoms with Gasteiger partial charge in [-0.3, -0.25) is 25.0 Å². The average molecular weight is 319 g/mol. The number of nitro benzene ring substituents is 2. The lowest BCUT2D eigenvalue weighted by atomic mass is 9.97. The number of nitro groups is 2. The highest BCUT2D eigenvalue weighted by atomic mass is 16.6. The van der Waals surface area contributed by atoms with Gasteiger partial charge in [-0.25, -0.2) is 0 Å². The van der Waals surface area contributed by atoms with E-state index in [0.717, 1.165) is 37.5 Å². The minimum absolute atomic E-state index is 0.168. The summed E-state index contributed by atoms with van der Waals surface area (Å²) in [6, 6.07) is 3.01. The van der Waals surface area contributed by atoms with E-state index >= 15 is 0 Å². The van der Waals surface area contributed by atoms with Gasteiger partial charge >= 0.3 is 0 Å². The fraction of sp³-hybridized carbons (Fsp3) is 0.400. The molecule has 0 fully saturated rings. The number of carbonyl (C=O) groups is 1. The third kappa shape index (κ3) is 4.35. The highest BCUT2D eigenvalue weighted by molar-refractivity contribution is 5.98. The van der Waals surface area contributed by atoms with Crippen molar-refractivity contribution < 1.29 is 14.6 Å². The number of hydrogen-bond acceptors (Lipinski definition) is 5. The molecule has 8 heteroatoms. The first kappa shape index (κ1) is 16.6. The topological polar surface area (TPSA) is 115 Å². The molecular weight excluding hydrogens is 302 g/mol. The molecule has 2 rings (SSSR count). The molecule has 0 spiro atoms. The third-order valence-electron chi connectivity index (χ3n) is 3.75. The van der Waals surface area contributed by atoms with E-state index in [-0.39, 0.29) is 5.56 Å². The van der Waals surface area contributed by atoms with Crippen molar-refractivity contribution in [2.45, 2.75) is 32.1 Å². The zero-order chi connectivity index (χ0) is 16.8. The van der Waals surface area contributed by atoms with E-state index in [9.17, 15) is 25.0 Å². The summed E-state index contributed by atoms with van der Waals surface area (Å²) in [5.74, 6) is -0.594. The Morgan fingerprint density at radius 1 is 1.17 bits per heavy atom. The maximum absolute atomic E-state index is 12.1. The molecule has 1 aromatic carbocycles. The van der Waals surface area contributed by atoms with Crippen molar-refractivity contribution in [3.05, 3.63) is 55.6 Å². The van der Waals surface area contributed by atoms with Crippen LogP contribution in [-0.2, 0) is 0 Å². The molecule has 0 saturated carbocycles. The Kier molecular flexibility index (Phi) is 5.40. The number of nitrogens with one attached hydrogen (secondary N) is 1. The van der Waals surface area contributed by atoms with Crippen molar-refractivity contribution in [2.75, 3.05) is 6.54 Å². The van der Waals surface area contributed by atoms with Crippen molar-refractivity contribution in [2.24, 2.45) is 0 Å². The summed E-state index contributed by atoms with van der Waals surface area (Å²) < 4.78 is 0. The predicted molar refractivity (Wildman–Crippen MR) is 83.3 cm³/mol. The number of benzene rings is 1. The molecule has 0 unspecified atom stereocenters. The van der Waals surface area contributed by atoms with Gasteiger partial charge in [0.25, 0.3) is 17.3 Å². The molecule has 0 heterocycles. The Morgan fingerprint density at radius 3 is 2.57 bits per heavy atom. The van der Waals surface area contributed by atoms with E-state index < -0.39 is 27.1 Å². The first-order valence-corrected chi connectivity index (χ1v) is 7.38. The van der Waals surface area contributed by atoms with Crippen LogP contribution in [0.3, 0.4) is 0 Å². The molecule has 0 bridgehead atoms. The number of non-ortho nitro benzene ring substituents is 1. The van der Waals surface area contributed by atoms with E-state index in [1.165, 1.54) is 12.0 Å². The van der Waals surface area contributed by atoms with Crippen LogP contribution in [0.15, 0.2) is 29.8 Å². The van der Waals surface area contributed by atoms with Gasteiger partial charge in [0.15, 0.2) is 0 Å². The van der Waals surface area contributed by atoms with Gasteiger partial charge in [-0.1, -0.05) is 11.6 Å². The van der Waals surface area contributed by atoms with Crippen LogP contribution in [0.5, 0.6) is 0 Å². The molecule has 8 nitrogen and oxygen atoms in total. The number of carbonyl (C=O) groups excluding carboxylic acids is 1. The SMILES string of the molecule is O=C(NCCC1=CCCCC1)c1ccc([N+](=O)[O-])cc1[N+](=O)[O-]. The van der Waals surface area contributed by atoms with E-state index in [1.807, 2.05) is 0 Å². The van der Waals surface area contributed by atoms with Crippen LogP contribution in [-0.4, -0.2) is 22.3 Å².